The molecule has 0 spiro atoms. The quantitative estimate of drug-likeness (QED) is 0.295. The van der Waals surface area contributed by atoms with Crippen LogP contribution in [-0.4, -0.2) is 18.9 Å². The zero-order valence-corrected chi connectivity index (χ0v) is 23.1. The van der Waals surface area contributed by atoms with E-state index in [9.17, 15) is 9.59 Å². The maximum absolute atomic E-state index is 13.3. The molecule has 7 atom stereocenters. The summed E-state index contributed by atoms with van der Waals surface area (Å²) in [6.45, 7) is 16.9. The van der Waals surface area contributed by atoms with Crippen molar-refractivity contribution in [3.05, 3.63) is 11.6 Å². The van der Waals surface area contributed by atoms with Gasteiger partial charge < -0.3 is 4.74 Å². The molecule has 7 unspecified atom stereocenters. The molecule has 4 saturated carbocycles. The summed E-state index contributed by atoms with van der Waals surface area (Å²) in [5, 5.41) is 0. The van der Waals surface area contributed by atoms with Gasteiger partial charge in [0.15, 0.2) is 0 Å². The summed E-state index contributed by atoms with van der Waals surface area (Å²) in [6.07, 6.45) is 13.1. The van der Waals surface area contributed by atoms with Crippen molar-refractivity contribution in [2.75, 3.05) is 7.11 Å². The Balaban J connectivity index is 1.59. The predicted octanol–water partition coefficient (Wildman–Crippen LogP) is 7.53. The zero-order chi connectivity index (χ0) is 24.9. The van der Waals surface area contributed by atoms with Gasteiger partial charge in [-0.1, -0.05) is 60.1 Å². The molecule has 34 heavy (non-hydrogen) atoms. The zero-order valence-electron chi connectivity index (χ0n) is 23.1. The van der Waals surface area contributed by atoms with Gasteiger partial charge in [0.25, 0.3) is 0 Å². The number of hydrogen-bond donors (Lipinski definition) is 0. The molecule has 0 aromatic carbocycles. The molecule has 190 valence electrons. The molecule has 4 fully saturated rings. The molecule has 0 heterocycles. The Bertz CT molecular complexity index is 942. The highest BCUT2D eigenvalue weighted by Gasteiger charge is 2.69. The van der Waals surface area contributed by atoms with Crippen molar-refractivity contribution >= 4 is 11.8 Å². The number of fused-ring (bicyclic) bond motifs is 7. The maximum atomic E-state index is 13.3. The first-order chi connectivity index (χ1) is 15.7. The average Bonchev–Trinajstić information content (AvgIpc) is 2.76. The molecule has 0 aromatic heterocycles. The van der Waals surface area contributed by atoms with E-state index < -0.39 is 5.41 Å². The Morgan fingerprint density at radius 1 is 0.824 bits per heavy atom. The molecule has 5 rings (SSSR count). The number of carbonyl (C=O) groups is 2. The van der Waals surface area contributed by atoms with E-state index >= 15 is 0 Å². The first kappa shape index (κ1) is 24.6. The monoisotopic (exact) mass is 468 g/mol. The molecular formula is C31H48O3. The second-order valence-electron chi connectivity index (χ2n) is 14.9. The van der Waals surface area contributed by atoms with Gasteiger partial charge in [0.05, 0.1) is 12.5 Å². The number of esters is 1. The van der Waals surface area contributed by atoms with Crippen molar-refractivity contribution in [3.8, 4) is 0 Å². The minimum Gasteiger partial charge on any atom is -0.468 e. The molecule has 0 aromatic rings. The molecule has 3 nitrogen and oxygen atoms in total. The van der Waals surface area contributed by atoms with Gasteiger partial charge in [-0.15, -0.1) is 0 Å². The largest absolute Gasteiger partial charge is 0.468 e. The normalized spacial score (nSPS) is 49.0. The van der Waals surface area contributed by atoms with E-state index in [4.69, 9.17) is 4.74 Å². The van der Waals surface area contributed by atoms with E-state index in [1.165, 1.54) is 24.8 Å². The van der Waals surface area contributed by atoms with Crippen LogP contribution in [0.5, 0.6) is 0 Å². The lowest BCUT2D eigenvalue weighted by Gasteiger charge is -2.71. The summed E-state index contributed by atoms with van der Waals surface area (Å²) in [4.78, 5) is 26.3. The van der Waals surface area contributed by atoms with E-state index in [0.29, 0.717) is 23.5 Å². The molecule has 3 heteroatoms. The van der Waals surface area contributed by atoms with Gasteiger partial charge >= 0.3 is 5.97 Å². The van der Waals surface area contributed by atoms with Crippen LogP contribution in [0.15, 0.2) is 11.6 Å². The number of rotatable bonds is 1. The maximum Gasteiger partial charge on any atom is 0.315 e. The lowest BCUT2D eigenvalue weighted by molar-refractivity contribution is -0.213. The summed E-state index contributed by atoms with van der Waals surface area (Å²) in [6, 6.07) is 0. The lowest BCUT2D eigenvalue weighted by Crippen LogP contribution is -2.65. The van der Waals surface area contributed by atoms with Crippen molar-refractivity contribution < 1.29 is 14.3 Å². The predicted molar refractivity (Wildman–Crippen MR) is 136 cm³/mol. The van der Waals surface area contributed by atoms with Crippen molar-refractivity contribution in [1.29, 1.82) is 0 Å². The van der Waals surface area contributed by atoms with Crippen LogP contribution in [0.2, 0.25) is 0 Å². The Kier molecular flexibility index (Phi) is 5.22. The second-order valence-corrected chi connectivity index (χ2v) is 14.9. The minimum absolute atomic E-state index is 0.00629. The summed E-state index contributed by atoms with van der Waals surface area (Å²) >= 11 is 0. The summed E-state index contributed by atoms with van der Waals surface area (Å²) < 4.78 is 5.47. The highest BCUT2D eigenvalue weighted by atomic mass is 16.5. The Hall–Kier alpha value is -1.12. The third-order valence-corrected chi connectivity index (χ3v) is 12.9. The second kappa shape index (κ2) is 7.22. The smallest absolute Gasteiger partial charge is 0.315 e. The molecule has 5 aliphatic carbocycles. The molecule has 0 radical (unpaired) electrons. The van der Waals surface area contributed by atoms with Gasteiger partial charge in [0.1, 0.15) is 5.78 Å². The number of allylic oxidation sites excluding steroid dienone is 1. The fraction of sp³-hybridized carbons (Fsp3) is 0.871. The standard InChI is InChI=1S/C31H48O3/c1-26(2)15-17-31(25(33)34-8)18-16-29(6)20(21(31)19-26)9-10-23-28(5)13-12-24(32)27(3,4)22(28)11-14-30(23,29)7/h19-20,22-23H,9-18H2,1-8H3. The average molecular weight is 469 g/mol. The van der Waals surface area contributed by atoms with Crippen molar-refractivity contribution in [2.24, 2.45) is 50.2 Å². The van der Waals surface area contributed by atoms with Gasteiger partial charge in [0.2, 0.25) is 0 Å². The van der Waals surface area contributed by atoms with Crippen LogP contribution in [0.4, 0.5) is 0 Å². The van der Waals surface area contributed by atoms with Gasteiger partial charge in [-0.05, 0) is 97.2 Å². The summed E-state index contributed by atoms with van der Waals surface area (Å²) in [7, 11) is 1.58. The number of carbonyl (C=O) groups excluding carboxylic acids is 2. The molecular weight excluding hydrogens is 420 g/mol. The number of methoxy groups -OCH3 is 1. The van der Waals surface area contributed by atoms with Crippen LogP contribution in [0.3, 0.4) is 0 Å². The van der Waals surface area contributed by atoms with Gasteiger partial charge in [-0.25, -0.2) is 0 Å². The lowest BCUT2D eigenvalue weighted by atomic mass is 9.32. The third kappa shape index (κ3) is 2.88. The van der Waals surface area contributed by atoms with Crippen LogP contribution < -0.4 is 0 Å². The third-order valence-electron chi connectivity index (χ3n) is 12.9. The summed E-state index contributed by atoms with van der Waals surface area (Å²) in [5.41, 5.74) is 1.62. The first-order valence-electron chi connectivity index (χ1n) is 14.0. The SMILES string of the molecule is COC(=O)C12CCC(C)(C)C=C1C1CCC3C4(C)CCC(=O)C(C)(C)C4CCC3(C)C1(C)CC2. The van der Waals surface area contributed by atoms with Gasteiger partial charge in [-0.2, -0.15) is 0 Å². The molecule has 0 aliphatic heterocycles. The fourth-order valence-electron chi connectivity index (χ4n) is 10.7. The van der Waals surface area contributed by atoms with Crippen LogP contribution in [0, 0.1) is 50.2 Å². The fourth-order valence-corrected chi connectivity index (χ4v) is 10.7. The van der Waals surface area contributed by atoms with E-state index in [0.717, 1.165) is 44.9 Å². The molecule has 0 N–H and O–H groups in total. The molecule has 0 bridgehead atoms. The van der Waals surface area contributed by atoms with Crippen LogP contribution in [0.1, 0.15) is 113 Å². The molecule has 5 aliphatic rings. The molecule has 0 saturated heterocycles. The Morgan fingerprint density at radius 2 is 1.50 bits per heavy atom. The van der Waals surface area contributed by atoms with Gasteiger partial charge in [0, 0.05) is 11.8 Å². The van der Waals surface area contributed by atoms with E-state index in [1.54, 1.807) is 7.11 Å². The Labute approximate surface area is 207 Å². The van der Waals surface area contributed by atoms with Crippen LogP contribution >= 0.6 is 0 Å². The van der Waals surface area contributed by atoms with Gasteiger partial charge in [-0.3, -0.25) is 9.59 Å². The number of ether oxygens (including phenoxy) is 1. The number of ketones is 1. The molecule has 0 amide bonds. The minimum atomic E-state index is -0.405. The highest BCUT2D eigenvalue weighted by molar-refractivity contribution is 5.85. The topological polar surface area (TPSA) is 43.4 Å². The summed E-state index contributed by atoms with van der Waals surface area (Å²) in [5.74, 6) is 2.08. The highest BCUT2D eigenvalue weighted by Crippen LogP contribution is 2.76. The van der Waals surface area contributed by atoms with E-state index in [1.807, 2.05) is 0 Å². The number of hydrogen-bond acceptors (Lipinski definition) is 3. The van der Waals surface area contributed by atoms with Crippen molar-refractivity contribution in [3.63, 3.8) is 0 Å². The van der Waals surface area contributed by atoms with Crippen LogP contribution in [0.25, 0.3) is 0 Å². The Morgan fingerprint density at radius 3 is 2.18 bits per heavy atom. The van der Waals surface area contributed by atoms with E-state index in [-0.39, 0.29) is 33.0 Å². The van der Waals surface area contributed by atoms with Crippen molar-refractivity contribution in [2.45, 2.75) is 113 Å². The number of Topliss-reactive ketones (excluding diaryl/α,β-unsaturated/α-hetero) is 1. The first-order valence-corrected chi connectivity index (χ1v) is 14.0. The van der Waals surface area contributed by atoms with Crippen LogP contribution in [-0.2, 0) is 14.3 Å². The van der Waals surface area contributed by atoms with E-state index in [2.05, 4.69) is 54.5 Å². The van der Waals surface area contributed by atoms with Crippen molar-refractivity contribution in [1.82, 2.24) is 0 Å².